The first-order valence-electron chi connectivity index (χ1n) is 10.7. The molecule has 31 heavy (non-hydrogen) atoms. The SMILES string of the molecule is CC(C)(C)OC(=O)N1CCCC(CNC(=O)CCc2ncc(-c3ccccc3Cl)o2)C1. The average Bonchev–Trinajstić information content (AvgIpc) is 3.19. The van der Waals surface area contributed by atoms with Crippen LogP contribution in [0.4, 0.5) is 4.79 Å². The van der Waals surface area contributed by atoms with Gasteiger partial charge in [-0.3, -0.25) is 4.79 Å². The summed E-state index contributed by atoms with van der Waals surface area (Å²) in [5.74, 6) is 1.25. The molecule has 1 N–H and O–H groups in total. The Balaban J connectivity index is 1.42. The van der Waals surface area contributed by atoms with E-state index in [-0.39, 0.29) is 24.3 Å². The maximum atomic E-state index is 12.3. The first-order chi connectivity index (χ1) is 14.7. The van der Waals surface area contributed by atoms with Gasteiger partial charge in [-0.2, -0.15) is 0 Å². The van der Waals surface area contributed by atoms with E-state index in [0.717, 1.165) is 18.4 Å². The van der Waals surface area contributed by atoms with Gasteiger partial charge in [-0.15, -0.1) is 0 Å². The largest absolute Gasteiger partial charge is 0.444 e. The average molecular weight is 448 g/mol. The second-order valence-corrected chi connectivity index (χ2v) is 9.24. The number of amides is 2. The molecule has 1 fully saturated rings. The summed E-state index contributed by atoms with van der Waals surface area (Å²) in [6.45, 7) is 7.40. The summed E-state index contributed by atoms with van der Waals surface area (Å²) in [7, 11) is 0. The van der Waals surface area contributed by atoms with Gasteiger partial charge in [0.1, 0.15) is 5.60 Å². The number of piperidine rings is 1. The van der Waals surface area contributed by atoms with Gasteiger partial charge in [0, 0.05) is 38.0 Å². The molecule has 7 nitrogen and oxygen atoms in total. The van der Waals surface area contributed by atoms with Gasteiger partial charge < -0.3 is 19.4 Å². The Morgan fingerprint density at radius 3 is 2.84 bits per heavy atom. The third-order valence-electron chi connectivity index (χ3n) is 5.02. The molecule has 1 aromatic heterocycles. The van der Waals surface area contributed by atoms with E-state index in [9.17, 15) is 9.59 Å². The summed E-state index contributed by atoms with van der Waals surface area (Å²) in [5.41, 5.74) is 0.267. The molecule has 2 amide bonds. The number of nitrogens with zero attached hydrogens (tertiary/aromatic N) is 2. The molecular weight excluding hydrogens is 418 g/mol. The van der Waals surface area contributed by atoms with Gasteiger partial charge in [0.25, 0.3) is 0 Å². The topological polar surface area (TPSA) is 84.7 Å². The highest BCUT2D eigenvalue weighted by atomic mass is 35.5. The van der Waals surface area contributed by atoms with Crippen molar-refractivity contribution in [1.29, 1.82) is 0 Å². The Hall–Kier alpha value is -2.54. The molecule has 0 radical (unpaired) electrons. The number of aromatic nitrogens is 1. The van der Waals surface area contributed by atoms with Gasteiger partial charge in [-0.25, -0.2) is 9.78 Å². The van der Waals surface area contributed by atoms with Crippen LogP contribution in [0.25, 0.3) is 11.3 Å². The second-order valence-electron chi connectivity index (χ2n) is 8.84. The van der Waals surface area contributed by atoms with Crippen LogP contribution in [-0.2, 0) is 16.0 Å². The number of carbonyl (C=O) groups excluding carboxylic acids is 2. The van der Waals surface area contributed by atoms with Crippen LogP contribution in [-0.4, -0.2) is 47.1 Å². The van der Waals surface area contributed by atoms with Crippen molar-refractivity contribution < 1.29 is 18.7 Å². The van der Waals surface area contributed by atoms with Crippen molar-refractivity contribution in [2.24, 2.45) is 5.92 Å². The number of nitrogens with one attached hydrogen (secondary N) is 1. The molecule has 0 aliphatic carbocycles. The van der Waals surface area contributed by atoms with Gasteiger partial charge >= 0.3 is 6.09 Å². The van der Waals surface area contributed by atoms with Crippen LogP contribution in [0, 0.1) is 5.92 Å². The highest BCUT2D eigenvalue weighted by Crippen LogP contribution is 2.28. The summed E-state index contributed by atoms with van der Waals surface area (Å²) < 4.78 is 11.2. The molecule has 1 saturated heterocycles. The van der Waals surface area contributed by atoms with Crippen molar-refractivity contribution in [3.05, 3.63) is 41.4 Å². The minimum Gasteiger partial charge on any atom is -0.444 e. The Morgan fingerprint density at radius 1 is 1.32 bits per heavy atom. The first-order valence-corrected chi connectivity index (χ1v) is 11.0. The fourth-order valence-electron chi connectivity index (χ4n) is 3.50. The Morgan fingerprint density at radius 2 is 2.10 bits per heavy atom. The normalized spacial score (nSPS) is 16.8. The standard InChI is InChI=1S/C23H30ClN3O4/c1-23(2,3)31-22(29)27-12-6-7-16(15-27)13-25-20(28)10-11-21-26-14-19(30-21)17-8-4-5-9-18(17)24/h4-5,8-9,14,16H,6-7,10-13,15H2,1-3H3,(H,25,28). The molecule has 0 spiro atoms. The number of rotatable bonds is 6. The van der Waals surface area contributed by atoms with Crippen LogP contribution >= 0.6 is 11.6 Å². The monoisotopic (exact) mass is 447 g/mol. The molecular formula is C23H30ClN3O4. The predicted molar refractivity (Wildman–Crippen MR) is 119 cm³/mol. The Kier molecular flexibility index (Phi) is 7.59. The maximum absolute atomic E-state index is 12.3. The number of hydrogen-bond acceptors (Lipinski definition) is 5. The molecule has 3 rings (SSSR count). The molecule has 168 valence electrons. The van der Waals surface area contributed by atoms with E-state index in [1.165, 1.54) is 0 Å². The molecule has 0 bridgehead atoms. The van der Waals surface area contributed by atoms with E-state index in [4.69, 9.17) is 20.8 Å². The van der Waals surface area contributed by atoms with Crippen LogP contribution < -0.4 is 5.32 Å². The minimum absolute atomic E-state index is 0.0631. The van der Waals surface area contributed by atoms with Gasteiger partial charge in [-0.05, 0) is 51.7 Å². The van der Waals surface area contributed by atoms with Crippen molar-refractivity contribution >= 4 is 23.6 Å². The zero-order valence-electron chi connectivity index (χ0n) is 18.3. The highest BCUT2D eigenvalue weighted by molar-refractivity contribution is 6.33. The summed E-state index contributed by atoms with van der Waals surface area (Å²) in [6, 6.07) is 7.39. The second kappa shape index (κ2) is 10.2. The van der Waals surface area contributed by atoms with E-state index in [1.807, 2.05) is 39.0 Å². The summed E-state index contributed by atoms with van der Waals surface area (Å²) >= 11 is 6.19. The molecule has 2 heterocycles. The van der Waals surface area contributed by atoms with Gasteiger partial charge in [0.05, 0.1) is 11.2 Å². The number of benzene rings is 1. The summed E-state index contributed by atoms with van der Waals surface area (Å²) in [6.07, 6.45) is 3.90. The summed E-state index contributed by atoms with van der Waals surface area (Å²) in [5, 5.41) is 3.56. The number of aryl methyl sites for hydroxylation is 1. The lowest BCUT2D eigenvalue weighted by Gasteiger charge is -2.34. The van der Waals surface area contributed by atoms with Crippen molar-refractivity contribution in [3.63, 3.8) is 0 Å². The van der Waals surface area contributed by atoms with Gasteiger partial charge in [0.15, 0.2) is 11.7 Å². The lowest BCUT2D eigenvalue weighted by atomic mass is 9.98. The fraction of sp³-hybridized carbons (Fsp3) is 0.522. The number of likely N-dealkylation sites (tertiary alicyclic amines) is 1. The number of ether oxygens (including phenoxy) is 1. The minimum atomic E-state index is -0.510. The highest BCUT2D eigenvalue weighted by Gasteiger charge is 2.27. The molecule has 0 saturated carbocycles. The molecule has 2 aromatic rings. The van der Waals surface area contributed by atoms with Crippen LogP contribution in [0.1, 0.15) is 45.9 Å². The molecule has 1 atom stereocenters. The zero-order valence-corrected chi connectivity index (χ0v) is 19.1. The number of carbonyl (C=O) groups is 2. The quantitative estimate of drug-likeness (QED) is 0.694. The lowest BCUT2D eigenvalue weighted by molar-refractivity contribution is -0.121. The van der Waals surface area contributed by atoms with Crippen LogP contribution in [0.3, 0.4) is 0 Å². The summed E-state index contributed by atoms with van der Waals surface area (Å²) in [4.78, 5) is 30.5. The molecule has 1 aliphatic rings. The van der Waals surface area contributed by atoms with Crippen LogP contribution in [0.2, 0.25) is 5.02 Å². The van der Waals surface area contributed by atoms with E-state index in [1.54, 1.807) is 17.2 Å². The lowest BCUT2D eigenvalue weighted by Crippen LogP contribution is -2.45. The fourth-order valence-corrected chi connectivity index (χ4v) is 3.73. The van der Waals surface area contributed by atoms with Crippen LogP contribution in [0.15, 0.2) is 34.9 Å². The number of hydrogen-bond donors (Lipinski definition) is 1. The molecule has 8 heteroatoms. The third-order valence-corrected chi connectivity index (χ3v) is 5.35. The van der Waals surface area contributed by atoms with Gasteiger partial charge in [0.2, 0.25) is 5.91 Å². The first kappa shape index (κ1) is 23.1. The van der Waals surface area contributed by atoms with Crippen molar-refractivity contribution in [2.45, 2.75) is 52.1 Å². The molecule has 1 unspecified atom stereocenters. The van der Waals surface area contributed by atoms with E-state index in [2.05, 4.69) is 10.3 Å². The van der Waals surface area contributed by atoms with Crippen molar-refractivity contribution in [2.75, 3.05) is 19.6 Å². The van der Waals surface area contributed by atoms with Crippen LogP contribution in [0.5, 0.6) is 0 Å². The van der Waals surface area contributed by atoms with Crippen molar-refractivity contribution in [1.82, 2.24) is 15.2 Å². The predicted octanol–water partition coefficient (Wildman–Crippen LogP) is 4.69. The number of oxazole rings is 1. The number of halogens is 1. The van der Waals surface area contributed by atoms with E-state index in [0.29, 0.717) is 42.7 Å². The third kappa shape index (κ3) is 6.99. The smallest absolute Gasteiger partial charge is 0.410 e. The Labute approximate surface area is 188 Å². The molecule has 1 aliphatic heterocycles. The van der Waals surface area contributed by atoms with Crippen molar-refractivity contribution in [3.8, 4) is 11.3 Å². The maximum Gasteiger partial charge on any atom is 0.410 e. The van der Waals surface area contributed by atoms with E-state index >= 15 is 0 Å². The molecule has 1 aromatic carbocycles. The zero-order chi connectivity index (χ0) is 22.4. The Bertz CT molecular complexity index is 906. The van der Waals surface area contributed by atoms with Gasteiger partial charge in [-0.1, -0.05) is 23.7 Å². The van der Waals surface area contributed by atoms with E-state index < -0.39 is 5.60 Å².